The lowest BCUT2D eigenvalue weighted by atomic mass is 9.76. The fraction of sp³-hybridized carbons (Fsp3) is 0.867. The van der Waals surface area contributed by atoms with Gasteiger partial charge in [-0.2, -0.15) is 5.26 Å². The first-order valence-electron chi connectivity index (χ1n) is 7.45. The van der Waals surface area contributed by atoms with Crippen LogP contribution >= 0.6 is 0 Å². The van der Waals surface area contributed by atoms with Crippen molar-refractivity contribution in [2.45, 2.75) is 50.5 Å². The van der Waals surface area contributed by atoms with Crippen molar-refractivity contribution < 1.29 is 4.79 Å². The molecule has 0 aliphatic heterocycles. The number of hydrogen-bond donors (Lipinski definition) is 1. The molecule has 0 aromatic carbocycles. The normalized spacial score (nSPS) is 31.3. The Balaban J connectivity index is 1.83. The van der Waals surface area contributed by atoms with Crippen molar-refractivity contribution in [1.29, 1.82) is 5.26 Å². The maximum absolute atomic E-state index is 12.4. The maximum Gasteiger partial charge on any atom is 0.225 e. The first-order valence-corrected chi connectivity index (χ1v) is 7.45. The van der Waals surface area contributed by atoms with Crippen LogP contribution in [0, 0.1) is 23.2 Å². The lowest BCUT2D eigenvalue weighted by molar-refractivity contribution is -0.136. The van der Waals surface area contributed by atoms with Crippen molar-refractivity contribution in [3.63, 3.8) is 0 Å². The minimum absolute atomic E-state index is 0.125. The SMILES string of the molecule is CNC1(C#N)CCC(C(=O)N(C)CC2CCC2)CC1. The number of carbonyl (C=O) groups excluding carboxylic acids is 1. The van der Waals surface area contributed by atoms with Crippen LogP contribution in [0.15, 0.2) is 0 Å². The summed E-state index contributed by atoms with van der Waals surface area (Å²) < 4.78 is 0. The van der Waals surface area contributed by atoms with Crippen LogP contribution in [0.25, 0.3) is 0 Å². The van der Waals surface area contributed by atoms with Gasteiger partial charge in [0.05, 0.1) is 6.07 Å². The number of nitrogens with one attached hydrogen (secondary N) is 1. The highest BCUT2D eigenvalue weighted by atomic mass is 16.2. The molecule has 2 aliphatic rings. The smallest absolute Gasteiger partial charge is 0.225 e. The van der Waals surface area contributed by atoms with E-state index < -0.39 is 5.54 Å². The summed E-state index contributed by atoms with van der Waals surface area (Å²) >= 11 is 0. The van der Waals surface area contributed by atoms with Gasteiger partial charge in [0.2, 0.25) is 5.91 Å². The average molecular weight is 263 g/mol. The van der Waals surface area contributed by atoms with Gasteiger partial charge in [0.25, 0.3) is 0 Å². The molecule has 0 atom stereocenters. The van der Waals surface area contributed by atoms with Gasteiger partial charge in [-0.05, 0) is 51.5 Å². The van der Waals surface area contributed by atoms with Gasteiger partial charge < -0.3 is 10.2 Å². The standard InChI is InChI=1S/C15H25N3O/c1-17-15(11-16)8-6-13(7-9-15)14(19)18(2)10-12-4-3-5-12/h12-13,17H,3-10H2,1-2H3. The van der Waals surface area contributed by atoms with E-state index in [1.54, 1.807) is 0 Å². The molecule has 4 heteroatoms. The predicted octanol–water partition coefficient (Wildman–Crippen LogP) is 1.92. The van der Waals surface area contributed by atoms with E-state index >= 15 is 0 Å². The predicted molar refractivity (Wildman–Crippen MR) is 74.3 cm³/mol. The molecule has 2 aliphatic carbocycles. The third-order valence-corrected chi connectivity index (χ3v) is 5.01. The Hall–Kier alpha value is -1.08. The first-order chi connectivity index (χ1) is 9.10. The van der Waals surface area contributed by atoms with Gasteiger partial charge in [0.1, 0.15) is 5.54 Å². The third-order valence-electron chi connectivity index (χ3n) is 5.01. The molecule has 4 nitrogen and oxygen atoms in total. The molecule has 0 aromatic rings. The largest absolute Gasteiger partial charge is 0.345 e. The Morgan fingerprint density at radius 2 is 2.00 bits per heavy atom. The number of carbonyl (C=O) groups is 1. The molecule has 106 valence electrons. The summed E-state index contributed by atoms with van der Waals surface area (Å²) in [7, 11) is 3.78. The molecule has 1 amide bonds. The van der Waals surface area contributed by atoms with Gasteiger partial charge in [-0.25, -0.2) is 0 Å². The molecule has 0 heterocycles. The summed E-state index contributed by atoms with van der Waals surface area (Å²) in [6.07, 6.45) is 7.12. The molecule has 0 spiro atoms. The Labute approximate surface area is 116 Å². The zero-order valence-electron chi connectivity index (χ0n) is 12.1. The lowest BCUT2D eigenvalue weighted by Crippen LogP contribution is -2.47. The third kappa shape index (κ3) is 3.09. The van der Waals surface area contributed by atoms with Crippen molar-refractivity contribution in [2.75, 3.05) is 20.6 Å². The summed E-state index contributed by atoms with van der Waals surface area (Å²) in [5.74, 6) is 1.14. The average Bonchev–Trinajstić information content (AvgIpc) is 2.42. The molecule has 2 rings (SSSR count). The molecule has 1 N–H and O–H groups in total. The fourth-order valence-electron chi connectivity index (χ4n) is 3.24. The minimum atomic E-state index is -0.399. The van der Waals surface area contributed by atoms with Crippen LogP contribution in [0.2, 0.25) is 0 Å². The van der Waals surface area contributed by atoms with Gasteiger partial charge in [0.15, 0.2) is 0 Å². The Kier molecular flexibility index (Phi) is 4.46. The molecule has 2 fully saturated rings. The minimum Gasteiger partial charge on any atom is -0.345 e. The molecule has 0 saturated heterocycles. The molecule has 0 bridgehead atoms. The summed E-state index contributed by atoms with van der Waals surface area (Å²) in [6, 6.07) is 2.37. The van der Waals surface area contributed by atoms with Crippen molar-refractivity contribution in [3.05, 3.63) is 0 Å². The van der Waals surface area contributed by atoms with E-state index in [4.69, 9.17) is 0 Å². The van der Waals surface area contributed by atoms with E-state index in [-0.39, 0.29) is 11.8 Å². The summed E-state index contributed by atoms with van der Waals surface area (Å²) in [5, 5.41) is 12.3. The molecule has 19 heavy (non-hydrogen) atoms. The zero-order chi connectivity index (χ0) is 13.9. The van der Waals surface area contributed by atoms with E-state index in [0.29, 0.717) is 0 Å². The van der Waals surface area contributed by atoms with Crippen LogP contribution < -0.4 is 5.32 Å². The van der Waals surface area contributed by atoms with E-state index in [9.17, 15) is 10.1 Å². The Morgan fingerprint density at radius 3 is 2.42 bits per heavy atom. The van der Waals surface area contributed by atoms with E-state index in [1.165, 1.54) is 19.3 Å². The van der Waals surface area contributed by atoms with Crippen molar-refractivity contribution >= 4 is 5.91 Å². The van der Waals surface area contributed by atoms with Crippen LogP contribution in [0.3, 0.4) is 0 Å². The van der Waals surface area contributed by atoms with Gasteiger partial charge in [-0.3, -0.25) is 4.79 Å². The number of rotatable bonds is 4. The Bertz CT molecular complexity index is 362. The second-order valence-electron chi connectivity index (χ2n) is 6.23. The van der Waals surface area contributed by atoms with Gasteiger partial charge >= 0.3 is 0 Å². The first kappa shape index (κ1) is 14.3. The fourth-order valence-corrected chi connectivity index (χ4v) is 3.24. The summed E-state index contributed by atoms with van der Waals surface area (Å²) in [4.78, 5) is 14.3. The Morgan fingerprint density at radius 1 is 1.37 bits per heavy atom. The lowest BCUT2D eigenvalue weighted by Gasteiger charge is -2.37. The zero-order valence-corrected chi connectivity index (χ0v) is 12.1. The molecule has 0 radical (unpaired) electrons. The molecular formula is C15H25N3O. The van der Waals surface area contributed by atoms with Crippen LogP contribution in [-0.2, 0) is 4.79 Å². The molecule has 2 saturated carbocycles. The van der Waals surface area contributed by atoms with Crippen LogP contribution in [0.1, 0.15) is 44.9 Å². The number of amides is 1. The molecular weight excluding hydrogens is 238 g/mol. The van der Waals surface area contributed by atoms with Crippen LogP contribution in [0.4, 0.5) is 0 Å². The quantitative estimate of drug-likeness (QED) is 0.843. The monoisotopic (exact) mass is 263 g/mol. The highest BCUT2D eigenvalue weighted by Gasteiger charge is 2.37. The summed E-state index contributed by atoms with van der Waals surface area (Å²) in [6.45, 7) is 0.921. The molecule has 0 aromatic heterocycles. The second-order valence-corrected chi connectivity index (χ2v) is 6.23. The highest BCUT2D eigenvalue weighted by molar-refractivity contribution is 5.78. The topological polar surface area (TPSA) is 56.1 Å². The van der Waals surface area contributed by atoms with Crippen molar-refractivity contribution in [1.82, 2.24) is 10.2 Å². The number of nitriles is 1. The van der Waals surface area contributed by atoms with E-state index in [2.05, 4.69) is 11.4 Å². The number of nitrogens with zero attached hydrogens (tertiary/aromatic N) is 2. The van der Waals surface area contributed by atoms with E-state index in [0.717, 1.165) is 38.1 Å². The van der Waals surface area contributed by atoms with Crippen molar-refractivity contribution in [3.8, 4) is 6.07 Å². The maximum atomic E-state index is 12.4. The second kappa shape index (κ2) is 5.92. The highest BCUT2D eigenvalue weighted by Crippen LogP contribution is 2.33. The van der Waals surface area contributed by atoms with Gasteiger partial charge in [0, 0.05) is 19.5 Å². The van der Waals surface area contributed by atoms with Gasteiger partial charge in [-0.15, -0.1) is 0 Å². The summed E-state index contributed by atoms with van der Waals surface area (Å²) in [5.41, 5.74) is -0.399. The van der Waals surface area contributed by atoms with Crippen LogP contribution in [0.5, 0.6) is 0 Å². The van der Waals surface area contributed by atoms with Crippen LogP contribution in [-0.4, -0.2) is 37.0 Å². The van der Waals surface area contributed by atoms with Crippen molar-refractivity contribution in [2.24, 2.45) is 11.8 Å². The van der Waals surface area contributed by atoms with Gasteiger partial charge in [-0.1, -0.05) is 6.42 Å². The van der Waals surface area contributed by atoms with E-state index in [1.807, 2.05) is 19.0 Å². The number of hydrogen-bond acceptors (Lipinski definition) is 3. The molecule has 0 unspecified atom stereocenters.